The van der Waals surface area contributed by atoms with Crippen LogP contribution in [0.25, 0.3) is 11.4 Å². The van der Waals surface area contributed by atoms with Gasteiger partial charge in [-0.25, -0.2) is 9.37 Å². The lowest BCUT2D eigenvalue weighted by Gasteiger charge is -2.07. The predicted octanol–water partition coefficient (Wildman–Crippen LogP) is 2.79. The predicted molar refractivity (Wildman–Crippen MR) is 79.0 cm³/mol. The van der Waals surface area contributed by atoms with Crippen LogP contribution in [0.1, 0.15) is 12.6 Å². The quantitative estimate of drug-likeness (QED) is 0.482. The molecule has 0 aliphatic carbocycles. The molecule has 9 heteroatoms. The third kappa shape index (κ3) is 2.77. The lowest BCUT2D eigenvalue weighted by molar-refractivity contribution is -0.387. The number of H-pyrrole nitrogens is 1. The number of nitrogens with one attached hydrogen (secondary N) is 1. The summed E-state index contributed by atoms with van der Waals surface area (Å²) in [6, 6.07) is 1.49. The van der Waals surface area contributed by atoms with Crippen LogP contribution >= 0.6 is 22.6 Å². The molecule has 21 heavy (non-hydrogen) atoms. The highest BCUT2D eigenvalue weighted by Gasteiger charge is 2.24. The largest absolute Gasteiger partial charge is 0.305 e. The first-order valence-electron chi connectivity index (χ1n) is 5.78. The van der Waals surface area contributed by atoms with Gasteiger partial charge < -0.3 is 4.98 Å². The van der Waals surface area contributed by atoms with Crippen molar-refractivity contribution in [3.8, 4) is 11.4 Å². The van der Waals surface area contributed by atoms with Crippen molar-refractivity contribution in [2.45, 2.75) is 13.3 Å². The summed E-state index contributed by atoms with van der Waals surface area (Å²) in [6.45, 7) is 1.73. The molecule has 0 amide bonds. The Labute approximate surface area is 130 Å². The van der Waals surface area contributed by atoms with Crippen LogP contribution in [0.15, 0.2) is 16.9 Å². The van der Waals surface area contributed by atoms with Gasteiger partial charge in [-0.3, -0.25) is 14.9 Å². The van der Waals surface area contributed by atoms with Gasteiger partial charge in [-0.1, -0.05) is 6.92 Å². The Morgan fingerprint density at radius 2 is 2.10 bits per heavy atom. The zero-order chi connectivity index (χ0) is 15.7. The normalized spacial score (nSPS) is 10.7. The number of benzene rings is 1. The Morgan fingerprint density at radius 1 is 1.43 bits per heavy atom. The van der Waals surface area contributed by atoms with Gasteiger partial charge in [0.25, 0.3) is 5.56 Å². The molecule has 1 aromatic carbocycles. The van der Waals surface area contributed by atoms with Gasteiger partial charge in [0.05, 0.1) is 19.8 Å². The summed E-state index contributed by atoms with van der Waals surface area (Å²) in [6.07, 6.45) is 0.382. The molecule has 0 saturated heterocycles. The van der Waals surface area contributed by atoms with Crippen molar-refractivity contribution < 1.29 is 13.7 Å². The summed E-state index contributed by atoms with van der Waals surface area (Å²) >= 11 is 1.77. The van der Waals surface area contributed by atoms with E-state index in [1.165, 1.54) is 0 Å². The van der Waals surface area contributed by atoms with Crippen LogP contribution in [0.5, 0.6) is 0 Å². The maximum absolute atomic E-state index is 14.1. The van der Waals surface area contributed by atoms with E-state index in [1.54, 1.807) is 29.5 Å². The monoisotopic (exact) mass is 407 g/mol. The number of nitrogens with zero attached hydrogens (tertiary/aromatic N) is 2. The summed E-state index contributed by atoms with van der Waals surface area (Å²) < 4.78 is 28.2. The van der Waals surface area contributed by atoms with Gasteiger partial charge in [0.1, 0.15) is 11.6 Å². The molecule has 2 rings (SSSR count). The first-order valence-corrected chi connectivity index (χ1v) is 6.86. The van der Waals surface area contributed by atoms with Gasteiger partial charge in [-0.15, -0.1) is 0 Å². The van der Waals surface area contributed by atoms with Gasteiger partial charge in [0.2, 0.25) is 5.82 Å². The number of hydrogen-bond acceptors (Lipinski definition) is 4. The van der Waals surface area contributed by atoms with Crippen LogP contribution in [-0.2, 0) is 6.42 Å². The van der Waals surface area contributed by atoms with E-state index < -0.39 is 33.4 Å². The average molecular weight is 407 g/mol. The second-order valence-corrected chi connectivity index (χ2v) is 5.12. The number of nitro benzene ring substituents is 1. The molecule has 0 saturated carbocycles. The van der Waals surface area contributed by atoms with Crippen molar-refractivity contribution >= 4 is 28.3 Å². The number of aromatic amines is 1. The maximum Gasteiger partial charge on any atom is 0.305 e. The van der Waals surface area contributed by atoms with E-state index >= 15 is 0 Å². The number of nitro groups is 1. The first kappa shape index (κ1) is 15.5. The van der Waals surface area contributed by atoms with Crippen molar-refractivity contribution in [1.82, 2.24) is 9.97 Å². The molecule has 2 aromatic rings. The summed E-state index contributed by atoms with van der Waals surface area (Å²) in [7, 11) is 0. The van der Waals surface area contributed by atoms with Crippen LogP contribution in [-0.4, -0.2) is 14.9 Å². The Morgan fingerprint density at radius 3 is 2.67 bits per heavy atom. The third-order valence-corrected chi connectivity index (χ3v) is 3.88. The molecular weight excluding hydrogens is 399 g/mol. The molecule has 0 radical (unpaired) electrons. The van der Waals surface area contributed by atoms with Crippen LogP contribution in [0, 0.1) is 25.3 Å². The molecule has 1 heterocycles. The van der Waals surface area contributed by atoms with Crippen molar-refractivity contribution in [3.05, 3.63) is 53.5 Å². The zero-order valence-electron chi connectivity index (χ0n) is 10.6. The average Bonchev–Trinajstić information content (AvgIpc) is 2.42. The van der Waals surface area contributed by atoms with Gasteiger partial charge >= 0.3 is 5.69 Å². The summed E-state index contributed by atoms with van der Waals surface area (Å²) in [5.41, 5.74) is -1.79. The van der Waals surface area contributed by atoms with Crippen molar-refractivity contribution in [1.29, 1.82) is 0 Å². The minimum Gasteiger partial charge on any atom is -0.305 e. The van der Waals surface area contributed by atoms with Gasteiger partial charge in [-0.2, -0.15) is 4.39 Å². The van der Waals surface area contributed by atoms with E-state index in [9.17, 15) is 23.7 Å². The number of aromatic nitrogens is 2. The number of aryl methyl sites for hydroxylation is 1. The molecule has 0 unspecified atom stereocenters. The highest BCUT2D eigenvalue weighted by molar-refractivity contribution is 14.1. The smallest absolute Gasteiger partial charge is 0.305 e. The zero-order valence-corrected chi connectivity index (χ0v) is 12.8. The van der Waals surface area contributed by atoms with Crippen LogP contribution in [0.2, 0.25) is 0 Å². The Kier molecular flexibility index (Phi) is 4.30. The molecule has 1 aromatic heterocycles. The molecule has 0 spiro atoms. The van der Waals surface area contributed by atoms with E-state index in [1.807, 2.05) is 0 Å². The fraction of sp³-hybridized carbons (Fsp3) is 0.167. The van der Waals surface area contributed by atoms with Crippen molar-refractivity contribution in [2.24, 2.45) is 0 Å². The molecular formula is C12H8F2IN3O3. The number of hydrogen-bond donors (Lipinski definition) is 1. The lowest BCUT2D eigenvalue weighted by atomic mass is 10.1. The Balaban J connectivity index is 2.78. The summed E-state index contributed by atoms with van der Waals surface area (Å²) in [5, 5.41) is 10.7. The minimum atomic E-state index is -1.37. The summed E-state index contributed by atoms with van der Waals surface area (Å²) in [4.78, 5) is 27.7. The minimum absolute atomic E-state index is 0.310. The molecule has 6 nitrogen and oxygen atoms in total. The lowest BCUT2D eigenvalue weighted by Crippen LogP contribution is -2.17. The second kappa shape index (κ2) is 5.84. The standard InChI is InChI=1S/C12H8F2IN3O3/c1-2-6-10(15)12(19)17-11(16-6)8-5(13)3-4-7(9(8)14)18(20)21/h3-4H,2H2,1H3,(H,16,17,19). The fourth-order valence-corrected chi connectivity index (χ4v) is 2.39. The van der Waals surface area contributed by atoms with Crippen LogP contribution < -0.4 is 5.56 Å². The van der Waals surface area contributed by atoms with E-state index in [-0.39, 0.29) is 5.82 Å². The first-order chi connectivity index (χ1) is 9.86. The number of halogens is 3. The van der Waals surface area contributed by atoms with Gasteiger partial charge in [-0.05, 0) is 35.1 Å². The highest BCUT2D eigenvalue weighted by atomic mass is 127. The summed E-state index contributed by atoms with van der Waals surface area (Å²) in [5.74, 6) is -2.77. The second-order valence-electron chi connectivity index (χ2n) is 4.04. The van der Waals surface area contributed by atoms with Crippen LogP contribution in [0.4, 0.5) is 14.5 Å². The SMILES string of the molecule is CCc1nc(-c2c(F)ccc([N+](=O)[O-])c2F)[nH]c(=O)c1I. The van der Waals surface area contributed by atoms with Crippen molar-refractivity contribution in [3.63, 3.8) is 0 Å². The Bertz CT molecular complexity index is 792. The molecule has 0 fully saturated rings. The molecule has 1 N–H and O–H groups in total. The molecule has 110 valence electrons. The topological polar surface area (TPSA) is 88.9 Å². The van der Waals surface area contributed by atoms with Crippen molar-refractivity contribution in [2.75, 3.05) is 0 Å². The van der Waals surface area contributed by atoms with Crippen LogP contribution in [0.3, 0.4) is 0 Å². The maximum atomic E-state index is 14.1. The molecule has 0 bridgehead atoms. The van der Waals surface area contributed by atoms with Gasteiger partial charge in [0.15, 0.2) is 0 Å². The molecule has 0 aliphatic heterocycles. The van der Waals surface area contributed by atoms with Gasteiger partial charge in [0, 0.05) is 6.07 Å². The van der Waals surface area contributed by atoms with E-state index in [2.05, 4.69) is 9.97 Å². The highest BCUT2D eigenvalue weighted by Crippen LogP contribution is 2.29. The van der Waals surface area contributed by atoms with E-state index in [4.69, 9.17) is 0 Å². The van der Waals surface area contributed by atoms with E-state index in [0.29, 0.717) is 15.7 Å². The molecule has 0 atom stereocenters. The Hall–Kier alpha value is -1.91. The fourth-order valence-electron chi connectivity index (χ4n) is 1.76. The number of rotatable bonds is 3. The van der Waals surface area contributed by atoms with E-state index in [0.717, 1.165) is 12.1 Å². The molecule has 0 aliphatic rings. The third-order valence-electron chi connectivity index (χ3n) is 2.77.